The van der Waals surface area contributed by atoms with E-state index in [1.54, 1.807) is 6.07 Å². The van der Waals surface area contributed by atoms with Crippen molar-refractivity contribution in [1.82, 2.24) is 9.97 Å². The van der Waals surface area contributed by atoms with Crippen LogP contribution in [-0.2, 0) is 12.8 Å². The average molecular weight is 279 g/mol. The van der Waals surface area contributed by atoms with Crippen LogP contribution in [0.15, 0.2) is 18.2 Å². The van der Waals surface area contributed by atoms with Crippen LogP contribution in [-0.4, -0.2) is 9.97 Å². The summed E-state index contributed by atoms with van der Waals surface area (Å²) in [6.45, 7) is 0. The Morgan fingerprint density at radius 3 is 2.79 bits per heavy atom. The molecule has 0 aliphatic heterocycles. The summed E-state index contributed by atoms with van der Waals surface area (Å²) in [5.41, 5.74) is 5.16. The van der Waals surface area contributed by atoms with Crippen molar-refractivity contribution in [3.8, 4) is 11.4 Å². The van der Waals surface area contributed by atoms with E-state index in [-0.39, 0.29) is 0 Å². The van der Waals surface area contributed by atoms with E-state index in [0.717, 1.165) is 30.5 Å². The van der Waals surface area contributed by atoms with Gasteiger partial charge in [-0.3, -0.25) is 0 Å². The maximum absolute atomic E-state index is 13.4. The molecule has 0 saturated carbocycles. The minimum Gasteiger partial charge on any atom is -0.308 e. The Labute approximate surface area is 114 Å². The molecule has 2 aromatic rings. The quantitative estimate of drug-likeness (QED) is 0.655. The highest BCUT2D eigenvalue weighted by molar-refractivity contribution is 6.30. The average Bonchev–Trinajstić information content (AvgIpc) is 2.84. The first kappa shape index (κ1) is 12.3. The number of aromatic nitrogens is 2. The Morgan fingerprint density at radius 1 is 1.21 bits per heavy atom. The summed E-state index contributed by atoms with van der Waals surface area (Å²) >= 11 is 5.86. The fourth-order valence-electron chi connectivity index (χ4n) is 2.36. The van der Waals surface area contributed by atoms with Crippen LogP contribution in [0.25, 0.3) is 11.4 Å². The molecular formula is C13H12ClFN4. The largest absolute Gasteiger partial charge is 0.308 e. The zero-order valence-corrected chi connectivity index (χ0v) is 10.8. The molecule has 0 radical (unpaired) electrons. The smallest absolute Gasteiger partial charge is 0.161 e. The number of nitrogens with one attached hydrogen (secondary N) is 1. The van der Waals surface area contributed by atoms with Crippen LogP contribution in [0.3, 0.4) is 0 Å². The first-order chi connectivity index (χ1) is 9.17. The van der Waals surface area contributed by atoms with Gasteiger partial charge in [0.1, 0.15) is 11.6 Å². The van der Waals surface area contributed by atoms with Crippen molar-refractivity contribution < 1.29 is 4.39 Å². The summed E-state index contributed by atoms with van der Waals surface area (Å²) in [5, 5.41) is 0.321. The molecule has 0 fully saturated rings. The van der Waals surface area contributed by atoms with Crippen LogP contribution in [0, 0.1) is 5.82 Å². The van der Waals surface area contributed by atoms with Crippen molar-refractivity contribution in [2.24, 2.45) is 5.84 Å². The third-order valence-electron chi connectivity index (χ3n) is 3.19. The number of nitrogens with zero attached hydrogens (tertiary/aromatic N) is 2. The topological polar surface area (TPSA) is 63.8 Å². The maximum Gasteiger partial charge on any atom is 0.161 e. The molecule has 0 atom stereocenters. The number of hydrogen-bond donors (Lipinski definition) is 2. The van der Waals surface area contributed by atoms with Crippen molar-refractivity contribution in [3.63, 3.8) is 0 Å². The lowest BCUT2D eigenvalue weighted by Gasteiger charge is -2.09. The van der Waals surface area contributed by atoms with Crippen molar-refractivity contribution in [2.45, 2.75) is 19.3 Å². The summed E-state index contributed by atoms with van der Waals surface area (Å²) in [7, 11) is 0. The Bertz CT molecular complexity index is 625. The predicted octanol–water partition coefficient (Wildman–Crippen LogP) is 2.71. The van der Waals surface area contributed by atoms with Crippen molar-refractivity contribution >= 4 is 17.4 Å². The first-order valence-corrected chi connectivity index (χ1v) is 6.38. The normalized spacial score (nSPS) is 13.4. The second kappa shape index (κ2) is 4.75. The molecule has 0 bridgehead atoms. The molecule has 0 spiro atoms. The van der Waals surface area contributed by atoms with E-state index >= 15 is 0 Å². The first-order valence-electron chi connectivity index (χ1n) is 6.00. The van der Waals surface area contributed by atoms with Gasteiger partial charge in [-0.2, -0.15) is 0 Å². The highest BCUT2D eigenvalue weighted by atomic mass is 35.5. The molecule has 0 amide bonds. The van der Waals surface area contributed by atoms with Crippen LogP contribution in [0.2, 0.25) is 5.02 Å². The number of anilines is 1. The molecule has 0 unspecified atom stereocenters. The molecule has 0 saturated heterocycles. The zero-order chi connectivity index (χ0) is 13.4. The second-order valence-corrected chi connectivity index (χ2v) is 4.91. The lowest BCUT2D eigenvalue weighted by molar-refractivity contribution is 0.628. The Balaban J connectivity index is 2.15. The summed E-state index contributed by atoms with van der Waals surface area (Å²) in [5.74, 6) is 6.13. The summed E-state index contributed by atoms with van der Waals surface area (Å²) in [6, 6.07) is 4.25. The molecule has 1 aromatic heterocycles. The van der Waals surface area contributed by atoms with Crippen molar-refractivity contribution in [3.05, 3.63) is 40.3 Å². The Morgan fingerprint density at radius 2 is 2.05 bits per heavy atom. The monoisotopic (exact) mass is 278 g/mol. The Kier molecular flexibility index (Phi) is 3.08. The molecule has 98 valence electrons. The molecule has 1 aliphatic carbocycles. The molecule has 19 heavy (non-hydrogen) atoms. The number of nitrogens with two attached hydrogens (primary N) is 1. The van der Waals surface area contributed by atoms with Gasteiger partial charge in [0, 0.05) is 21.8 Å². The van der Waals surface area contributed by atoms with E-state index in [9.17, 15) is 4.39 Å². The summed E-state index contributed by atoms with van der Waals surface area (Å²) in [6.07, 6.45) is 2.84. The zero-order valence-electron chi connectivity index (χ0n) is 10.1. The molecular weight excluding hydrogens is 267 g/mol. The van der Waals surface area contributed by atoms with E-state index in [0.29, 0.717) is 22.2 Å². The molecule has 1 aliphatic rings. The number of hydrazine groups is 1. The van der Waals surface area contributed by atoms with E-state index in [1.807, 2.05) is 0 Å². The highest BCUT2D eigenvalue weighted by Gasteiger charge is 2.19. The van der Waals surface area contributed by atoms with Gasteiger partial charge in [-0.1, -0.05) is 11.6 Å². The number of halogens is 2. The van der Waals surface area contributed by atoms with Crippen LogP contribution < -0.4 is 11.3 Å². The molecule has 3 rings (SSSR count). The predicted molar refractivity (Wildman–Crippen MR) is 72.3 cm³/mol. The van der Waals surface area contributed by atoms with Gasteiger partial charge < -0.3 is 5.43 Å². The van der Waals surface area contributed by atoms with Gasteiger partial charge in [0.25, 0.3) is 0 Å². The maximum atomic E-state index is 13.4. The number of hydrogen-bond acceptors (Lipinski definition) is 4. The number of nitrogen functional groups attached to an aromatic ring is 1. The van der Waals surface area contributed by atoms with Gasteiger partial charge in [0.05, 0.1) is 0 Å². The minimum absolute atomic E-state index is 0.321. The van der Waals surface area contributed by atoms with Crippen LogP contribution >= 0.6 is 11.6 Å². The van der Waals surface area contributed by atoms with E-state index in [4.69, 9.17) is 17.4 Å². The summed E-state index contributed by atoms with van der Waals surface area (Å²) in [4.78, 5) is 8.83. The van der Waals surface area contributed by atoms with Crippen LogP contribution in [0.5, 0.6) is 0 Å². The third-order valence-corrected chi connectivity index (χ3v) is 3.41. The second-order valence-electron chi connectivity index (χ2n) is 4.48. The molecule has 3 N–H and O–H groups in total. The highest BCUT2D eigenvalue weighted by Crippen LogP contribution is 2.29. The molecule has 1 aromatic carbocycles. The minimum atomic E-state index is -0.408. The van der Waals surface area contributed by atoms with Gasteiger partial charge in [0.2, 0.25) is 0 Å². The van der Waals surface area contributed by atoms with E-state index in [2.05, 4.69) is 15.4 Å². The summed E-state index contributed by atoms with van der Waals surface area (Å²) < 4.78 is 13.4. The van der Waals surface area contributed by atoms with Gasteiger partial charge >= 0.3 is 0 Å². The molecule has 4 nitrogen and oxygen atoms in total. The van der Waals surface area contributed by atoms with E-state index < -0.39 is 5.82 Å². The van der Waals surface area contributed by atoms with E-state index in [1.165, 1.54) is 12.1 Å². The Hall–Kier alpha value is -1.72. The van der Waals surface area contributed by atoms with Gasteiger partial charge in [-0.05, 0) is 37.5 Å². The van der Waals surface area contributed by atoms with Gasteiger partial charge in [-0.25, -0.2) is 20.2 Å². The van der Waals surface area contributed by atoms with Crippen molar-refractivity contribution in [1.29, 1.82) is 0 Å². The molecule has 6 heteroatoms. The van der Waals surface area contributed by atoms with Crippen LogP contribution in [0.4, 0.5) is 10.2 Å². The fourth-order valence-corrected chi connectivity index (χ4v) is 2.59. The number of fused-ring (bicyclic) bond motifs is 1. The SMILES string of the molecule is NNc1nc(-c2cc(F)cc(Cl)c2)nc2c1CCC2. The van der Waals surface area contributed by atoms with Gasteiger partial charge in [0.15, 0.2) is 5.82 Å². The van der Waals surface area contributed by atoms with Crippen LogP contribution in [0.1, 0.15) is 17.7 Å². The standard InChI is InChI=1S/C13H12ClFN4/c14-8-4-7(5-9(15)6-8)12-17-11-3-1-2-10(11)13(18-12)19-16/h4-6H,1-3,16H2,(H,17,18,19). The lowest BCUT2D eigenvalue weighted by Crippen LogP contribution is -2.12. The third kappa shape index (κ3) is 2.27. The molecule has 1 heterocycles. The number of aryl methyl sites for hydroxylation is 1. The fraction of sp³-hybridized carbons (Fsp3) is 0.231. The van der Waals surface area contributed by atoms with Crippen molar-refractivity contribution in [2.75, 3.05) is 5.43 Å². The lowest BCUT2D eigenvalue weighted by atomic mass is 10.2. The number of rotatable bonds is 2. The number of benzene rings is 1. The van der Waals surface area contributed by atoms with Gasteiger partial charge in [-0.15, -0.1) is 0 Å².